The van der Waals surface area contributed by atoms with Crippen LogP contribution >= 0.6 is 0 Å². The van der Waals surface area contributed by atoms with E-state index in [1.165, 1.54) is 13.8 Å². The van der Waals surface area contributed by atoms with Gasteiger partial charge in [0.05, 0.1) is 0 Å². The van der Waals surface area contributed by atoms with Gasteiger partial charge >= 0.3 is 11.9 Å². The molecule has 4 nitrogen and oxygen atoms in total. The SMILES string of the molecule is CC(=O)O[C@@H](C)c1cc([C@H](C)OC(C)=O)c(C)cc1C. The number of rotatable bonds is 4. The second kappa shape index (κ2) is 6.55. The van der Waals surface area contributed by atoms with E-state index in [2.05, 4.69) is 0 Å². The van der Waals surface area contributed by atoms with Crippen molar-refractivity contribution in [3.05, 3.63) is 34.4 Å². The van der Waals surface area contributed by atoms with Gasteiger partial charge in [-0.05, 0) is 56.0 Å². The van der Waals surface area contributed by atoms with Gasteiger partial charge in [-0.2, -0.15) is 0 Å². The second-order valence-electron chi connectivity index (χ2n) is 5.07. The lowest BCUT2D eigenvalue weighted by atomic mass is 9.94. The summed E-state index contributed by atoms with van der Waals surface area (Å²) in [6.07, 6.45) is -0.646. The van der Waals surface area contributed by atoms with Crippen molar-refractivity contribution in [2.75, 3.05) is 0 Å². The van der Waals surface area contributed by atoms with Crippen molar-refractivity contribution >= 4 is 11.9 Å². The molecule has 0 N–H and O–H groups in total. The van der Waals surface area contributed by atoms with Crippen LogP contribution in [-0.4, -0.2) is 11.9 Å². The monoisotopic (exact) mass is 278 g/mol. The molecule has 0 aliphatic carbocycles. The maximum absolute atomic E-state index is 11.1. The molecule has 0 spiro atoms. The zero-order valence-electron chi connectivity index (χ0n) is 12.9. The summed E-state index contributed by atoms with van der Waals surface area (Å²) in [6.45, 7) is 10.4. The predicted octanol–water partition coefficient (Wildman–Crippen LogP) is 3.55. The Morgan fingerprint density at radius 1 is 0.850 bits per heavy atom. The number of carbonyl (C=O) groups excluding carboxylic acids is 2. The van der Waals surface area contributed by atoms with E-state index >= 15 is 0 Å². The van der Waals surface area contributed by atoms with Gasteiger partial charge in [0.25, 0.3) is 0 Å². The summed E-state index contributed by atoms with van der Waals surface area (Å²) in [4.78, 5) is 22.2. The fourth-order valence-electron chi connectivity index (χ4n) is 2.39. The molecule has 0 aliphatic rings. The Kier molecular flexibility index (Phi) is 5.31. The molecule has 110 valence electrons. The van der Waals surface area contributed by atoms with E-state index in [1.807, 2.05) is 39.8 Å². The number of hydrogen-bond acceptors (Lipinski definition) is 4. The van der Waals surface area contributed by atoms with E-state index in [4.69, 9.17) is 9.47 Å². The van der Waals surface area contributed by atoms with E-state index in [1.54, 1.807) is 0 Å². The maximum Gasteiger partial charge on any atom is 0.303 e. The summed E-state index contributed by atoms with van der Waals surface area (Å²) in [5.41, 5.74) is 3.96. The third kappa shape index (κ3) is 4.08. The van der Waals surface area contributed by atoms with Gasteiger partial charge in [0.1, 0.15) is 12.2 Å². The van der Waals surface area contributed by atoms with Crippen LogP contribution in [0.1, 0.15) is 62.2 Å². The first-order valence-electron chi connectivity index (χ1n) is 6.67. The molecule has 0 saturated heterocycles. The predicted molar refractivity (Wildman–Crippen MR) is 76.3 cm³/mol. The van der Waals surface area contributed by atoms with Gasteiger partial charge in [-0.1, -0.05) is 6.07 Å². The molecule has 0 fully saturated rings. The molecule has 1 aromatic rings. The van der Waals surface area contributed by atoms with Crippen molar-refractivity contribution in [1.82, 2.24) is 0 Å². The van der Waals surface area contributed by atoms with E-state index in [9.17, 15) is 9.59 Å². The number of hydrogen-bond donors (Lipinski definition) is 0. The first-order chi connectivity index (χ1) is 9.22. The van der Waals surface area contributed by atoms with Crippen molar-refractivity contribution in [2.24, 2.45) is 0 Å². The summed E-state index contributed by atoms with van der Waals surface area (Å²) < 4.78 is 10.5. The van der Waals surface area contributed by atoms with Crippen molar-refractivity contribution in [2.45, 2.75) is 53.8 Å². The lowest BCUT2D eigenvalue weighted by molar-refractivity contribution is -0.146. The topological polar surface area (TPSA) is 52.6 Å². The van der Waals surface area contributed by atoms with E-state index < -0.39 is 0 Å². The molecule has 0 amide bonds. The Morgan fingerprint density at radius 2 is 1.20 bits per heavy atom. The highest BCUT2D eigenvalue weighted by molar-refractivity contribution is 5.67. The van der Waals surface area contributed by atoms with Crippen LogP contribution in [0.15, 0.2) is 12.1 Å². The van der Waals surface area contributed by atoms with Crippen LogP contribution in [0.2, 0.25) is 0 Å². The Labute approximate surface area is 120 Å². The first-order valence-corrected chi connectivity index (χ1v) is 6.67. The quantitative estimate of drug-likeness (QED) is 0.790. The average molecular weight is 278 g/mol. The summed E-state index contributed by atoms with van der Waals surface area (Å²) in [7, 11) is 0. The molecule has 0 aliphatic heterocycles. The molecular formula is C16H22O4. The molecule has 20 heavy (non-hydrogen) atoms. The van der Waals surface area contributed by atoms with Crippen molar-refractivity contribution in [3.8, 4) is 0 Å². The van der Waals surface area contributed by atoms with Crippen LogP contribution in [0.5, 0.6) is 0 Å². The number of carbonyl (C=O) groups is 2. The molecule has 1 aromatic carbocycles. The van der Waals surface area contributed by atoms with E-state index in [0.717, 1.165) is 22.3 Å². The Balaban J connectivity index is 3.14. The van der Waals surface area contributed by atoms with E-state index in [0.29, 0.717) is 0 Å². The minimum Gasteiger partial charge on any atom is -0.458 e. The normalized spacial score (nSPS) is 13.5. The molecule has 0 saturated carbocycles. The molecule has 0 heterocycles. The first kappa shape index (κ1) is 16.2. The van der Waals surface area contributed by atoms with Crippen LogP contribution in [-0.2, 0) is 19.1 Å². The highest BCUT2D eigenvalue weighted by atomic mass is 16.5. The van der Waals surface area contributed by atoms with Gasteiger partial charge in [-0.15, -0.1) is 0 Å². The summed E-state index contributed by atoms with van der Waals surface area (Å²) >= 11 is 0. The van der Waals surface area contributed by atoms with Crippen LogP contribution in [0.25, 0.3) is 0 Å². The number of esters is 2. The lowest BCUT2D eigenvalue weighted by Crippen LogP contribution is -2.10. The second-order valence-corrected chi connectivity index (χ2v) is 5.07. The third-order valence-corrected chi connectivity index (χ3v) is 3.22. The molecule has 1 rings (SSSR count). The largest absolute Gasteiger partial charge is 0.458 e. The standard InChI is InChI=1S/C16H22O4/c1-9-7-10(2)16(12(4)20-14(6)18)8-15(9)11(3)19-13(5)17/h7-8,11-12H,1-6H3/t11-,12-/m0/s1. The smallest absolute Gasteiger partial charge is 0.303 e. The van der Waals surface area contributed by atoms with Crippen LogP contribution in [0, 0.1) is 13.8 Å². The molecular weight excluding hydrogens is 256 g/mol. The van der Waals surface area contributed by atoms with Crippen LogP contribution < -0.4 is 0 Å². The fourth-order valence-corrected chi connectivity index (χ4v) is 2.39. The molecule has 4 heteroatoms. The van der Waals surface area contributed by atoms with Crippen LogP contribution in [0.4, 0.5) is 0 Å². The van der Waals surface area contributed by atoms with Gasteiger partial charge in [0.2, 0.25) is 0 Å². The van der Waals surface area contributed by atoms with Gasteiger partial charge in [-0.25, -0.2) is 0 Å². The number of benzene rings is 1. The average Bonchev–Trinajstić information content (AvgIpc) is 2.26. The molecule has 2 atom stereocenters. The third-order valence-electron chi connectivity index (χ3n) is 3.22. The highest BCUT2D eigenvalue weighted by Gasteiger charge is 2.17. The molecule has 0 radical (unpaired) electrons. The summed E-state index contributed by atoms with van der Waals surface area (Å²) in [5.74, 6) is -0.626. The zero-order valence-corrected chi connectivity index (χ0v) is 12.9. The van der Waals surface area contributed by atoms with Crippen molar-refractivity contribution in [1.29, 1.82) is 0 Å². The van der Waals surface area contributed by atoms with Gasteiger partial charge in [0.15, 0.2) is 0 Å². The molecule has 0 unspecified atom stereocenters. The molecule has 0 aromatic heterocycles. The van der Waals surface area contributed by atoms with Crippen molar-refractivity contribution in [3.63, 3.8) is 0 Å². The van der Waals surface area contributed by atoms with Crippen molar-refractivity contribution < 1.29 is 19.1 Å². The number of ether oxygens (including phenoxy) is 2. The summed E-state index contributed by atoms with van der Waals surface area (Å²) in [5, 5.41) is 0. The van der Waals surface area contributed by atoms with E-state index in [-0.39, 0.29) is 24.1 Å². The highest BCUT2D eigenvalue weighted by Crippen LogP contribution is 2.29. The Bertz CT molecular complexity index is 476. The van der Waals surface area contributed by atoms with Gasteiger partial charge in [-0.3, -0.25) is 9.59 Å². The Hall–Kier alpha value is -1.84. The van der Waals surface area contributed by atoms with Gasteiger partial charge < -0.3 is 9.47 Å². The fraction of sp³-hybridized carbons (Fsp3) is 0.500. The lowest BCUT2D eigenvalue weighted by Gasteiger charge is -2.20. The summed E-state index contributed by atoms with van der Waals surface area (Å²) in [6, 6.07) is 3.97. The number of aryl methyl sites for hydroxylation is 2. The minimum atomic E-state index is -0.323. The minimum absolute atomic E-state index is 0.313. The zero-order chi connectivity index (χ0) is 15.4. The maximum atomic E-state index is 11.1. The van der Waals surface area contributed by atoms with Gasteiger partial charge in [0, 0.05) is 13.8 Å². The molecule has 0 bridgehead atoms. The Morgan fingerprint density at radius 3 is 1.50 bits per heavy atom. The van der Waals surface area contributed by atoms with Crippen LogP contribution in [0.3, 0.4) is 0 Å².